The van der Waals surface area contributed by atoms with E-state index in [9.17, 15) is 0 Å². The van der Waals surface area contributed by atoms with Crippen LogP contribution in [0.1, 0.15) is 106 Å². The van der Waals surface area contributed by atoms with Crippen LogP contribution in [0.2, 0.25) is 12.6 Å². The average molecular weight is 422 g/mol. The Labute approximate surface area is 194 Å². The highest BCUT2D eigenvalue weighted by Crippen LogP contribution is 2.73. The Balaban J connectivity index is 1.18. The van der Waals surface area contributed by atoms with E-state index in [2.05, 4.69) is 48.8 Å². The van der Waals surface area contributed by atoms with Crippen LogP contribution in [0, 0.1) is 69.0 Å². The fourth-order valence-corrected chi connectivity index (χ4v) is 12.5. The maximum atomic E-state index is 2.88. The molecule has 6 aliphatic carbocycles. The van der Waals surface area contributed by atoms with Crippen molar-refractivity contribution in [2.75, 3.05) is 0 Å². The molecule has 31 heavy (non-hydrogen) atoms. The minimum Gasteiger partial charge on any atom is -0.0767 e. The summed E-state index contributed by atoms with van der Waals surface area (Å²) in [6.45, 7) is 16.0. The van der Waals surface area contributed by atoms with Crippen molar-refractivity contribution in [3.63, 3.8) is 0 Å². The third-order valence-corrected chi connectivity index (χ3v) is 13.6. The first-order chi connectivity index (χ1) is 14.6. The van der Waals surface area contributed by atoms with Gasteiger partial charge in [-0.1, -0.05) is 67.0 Å². The molecular weight excluding hydrogens is 371 g/mol. The molecule has 0 amide bonds. The first-order valence-electron chi connectivity index (χ1n) is 14.4. The van der Waals surface area contributed by atoms with Gasteiger partial charge in [-0.25, -0.2) is 0 Å². The van der Waals surface area contributed by atoms with Gasteiger partial charge in [0.1, 0.15) is 7.28 Å². The smallest absolute Gasteiger partial charge is 0.0767 e. The van der Waals surface area contributed by atoms with Crippen molar-refractivity contribution in [3.8, 4) is 0 Å². The lowest BCUT2D eigenvalue weighted by molar-refractivity contribution is 0.0939. The third-order valence-electron chi connectivity index (χ3n) is 13.6. The normalized spacial score (nSPS) is 55.8. The summed E-state index contributed by atoms with van der Waals surface area (Å²) in [4.78, 5) is 0. The Morgan fingerprint density at radius 1 is 0.581 bits per heavy atom. The summed E-state index contributed by atoms with van der Waals surface area (Å²) in [5, 5.41) is 0. The van der Waals surface area contributed by atoms with E-state index in [0.29, 0.717) is 21.7 Å². The van der Waals surface area contributed by atoms with Gasteiger partial charge >= 0.3 is 0 Å². The first-order valence-corrected chi connectivity index (χ1v) is 14.4. The van der Waals surface area contributed by atoms with Gasteiger partial charge in [-0.15, -0.1) is 0 Å². The molecule has 6 fully saturated rings. The van der Waals surface area contributed by atoms with Gasteiger partial charge in [-0.2, -0.15) is 0 Å². The van der Waals surface area contributed by atoms with E-state index >= 15 is 0 Å². The molecule has 0 heterocycles. The zero-order valence-corrected chi connectivity index (χ0v) is 21.7. The van der Waals surface area contributed by atoms with Crippen molar-refractivity contribution >= 4 is 7.28 Å². The largest absolute Gasteiger partial charge is 0.110 e. The summed E-state index contributed by atoms with van der Waals surface area (Å²) < 4.78 is 0. The van der Waals surface area contributed by atoms with E-state index in [1.165, 1.54) is 51.2 Å². The van der Waals surface area contributed by atoms with Gasteiger partial charge in [0.05, 0.1) is 0 Å². The Kier molecular flexibility index (Phi) is 4.74. The molecule has 0 aromatic heterocycles. The fraction of sp³-hybridized carbons (Fsp3) is 1.00. The zero-order valence-electron chi connectivity index (χ0n) is 21.7. The Morgan fingerprint density at radius 2 is 1.00 bits per heavy atom. The molecule has 0 aromatic rings. The van der Waals surface area contributed by atoms with Crippen LogP contribution < -0.4 is 0 Å². The highest BCUT2D eigenvalue weighted by molar-refractivity contribution is 6.35. The third kappa shape index (κ3) is 2.79. The number of hydrogen-bond acceptors (Lipinski definition) is 0. The van der Waals surface area contributed by atoms with Gasteiger partial charge in [0.15, 0.2) is 0 Å². The van der Waals surface area contributed by atoms with Crippen molar-refractivity contribution in [3.05, 3.63) is 0 Å². The van der Waals surface area contributed by atoms with Crippen molar-refractivity contribution in [1.29, 1.82) is 0 Å². The molecule has 0 N–H and O–H groups in total. The van der Waals surface area contributed by atoms with Gasteiger partial charge < -0.3 is 0 Å². The van der Waals surface area contributed by atoms with Crippen LogP contribution in [-0.2, 0) is 0 Å². The van der Waals surface area contributed by atoms with E-state index in [1.54, 1.807) is 25.7 Å². The van der Waals surface area contributed by atoms with E-state index in [-0.39, 0.29) is 0 Å². The molecule has 0 aliphatic heterocycles. The molecule has 6 saturated carbocycles. The summed E-state index contributed by atoms with van der Waals surface area (Å²) in [7, 11) is 2.88. The monoisotopic (exact) mass is 421 g/mol. The predicted octanol–water partition coefficient (Wildman–Crippen LogP) is 8.50. The van der Waals surface area contributed by atoms with Crippen LogP contribution in [0.5, 0.6) is 0 Å². The fourth-order valence-electron chi connectivity index (χ4n) is 12.5. The van der Waals surface area contributed by atoms with Crippen molar-refractivity contribution in [2.24, 2.45) is 69.0 Å². The summed E-state index contributed by atoms with van der Waals surface area (Å²) in [6.07, 6.45) is 18.1. The highest BCUT2D eigenvalue weighted by atomic mass is 14.7. The topological polar surface area (TPSA) is 0 Å². The second-order valence-corrected chi connectivity index (χ2v) is 15.4. The molecule has 8 bridgehead atoms. The van der Waals surface area contributed by atoms with Gasteiger partial charge in [0.25, 0.3) is 0 Å². The minimum absolute atomic E-state index is 0.595. The van der Waals surface area contributed by atoms with Gasteiger partial charge in [0, 0.05) is 0 Å². The summed E-state index contributed by atoms with van der Waals surface area (Å²) >= 11 is 0. The van der Waals surface area contributed by atoms with Gasteiger partial charge in [-0.3, -0.25) is 0 Å². The number of hydrogen-bond donors (Lipinski definition) is 0. The molecule has 6 rings (SSSR count). The second kappa shape index (κ2) is 6.81. The lowest BCUT2D eigenvalue weighted by Gasteiger charge is -2.44. The molecular formula is C30H50B. The summed E-state index contributed by atoms with van der Waals surface area (Å²) in [6, 6.07) is 0. The van der Waals surface area contributed by atoms with Crippen LogP contribution in [0.15, 0.2) is 0 Å². The predicted molar refractivity (Wildman–Crippen MR) is 133 cm³/mol. The molecule has 0 aromatic carbocycles. The lowest BCUT2D eigenvalue weighted by atomic mass is 9.50. The number of rotatable bonds is 4. The highest BCUT2D eigenvalue weighted by Gasteiger charge is 2.66. The molecule has 1 radical (unpaired) electrons. The van der Waals surface area contributed by atoms with Crippen LogP contribution in [0.3, 0.4) is 0 Å². The van der Waals surface area contributed by atoms with Crippen LogP contribution in [-0.4, -0.2) is 7.28 Å². The quantitative estimate of drug-likeness (QED) is 0.399. The molecule has 0 spiro atoms. The Hall–Kier alpha value is 0.0649. The summed E-state index contributed by atoms with van der Waals surface area (Å²) in [5.41, 5.74) is 2.51. The maximum Gasteiger partial charge on any atom is 0.110 e. The molecule has 2 unspecified atom stereocenters. The van der Waals surface area contributed by atoms with E-state index in [4.69, 9.17) is 0 Å². The van der Waals surface area contributed by atoms with E-state index < -0.39 is 0 Å². The van der Waals surface area contributed by atoms with E-state index in [1.807, 2.05) is 0 Å². The van der Waals surface area contributed by atoms with Gasteiger partial charge in [-0.05, 0) is 120 Å². The first kappa shape index (κ1) is 21.6. The SMILES string of the molecule is CC1(C)CCC[C@]2(C)C(C[B]CC3[C@@H]4CC[C@@H]5[C@H]4C(C)(C)CCC[C@]35C)[C@@H]3CC[C@@H]2[C@H]31. The van der Waals surface area contributed by atoms with Crippen molar-refractivity contribution in [2.45, 2.75) is 118 Å². The minimum atomic E-state index is 0.595. The Morgan fingerprint density at radius 3 is 1.42 bits per heavy atom. The molecule has 173 valence electrons. The molecule has 1 heteroatoms. The van der Waals surface area contributed by atoms with Crippen molar-refractivity contribution < 1.29 is 0 Å². The second-order valence-electron chi connectivity index (χ2n) is 15.4. The molecule has 0 saturated heterocycles. The molecule has 10 atom stereocenters. The zero-order chi connectivity index (χ0) is 21.8. The Bertz CT molecular complexity index is 662. The van der Waals surface area contributed by atoms with Crippen LogP contribution in [0.4, 0.5) is 0 Å². The van der Waals surface area contributed by atoms with E-state index in [0.717, 1.165) is 47.3 Å². The maximum absolute atomic E-state index is 2.88. The van der Waals surface area contributed by atoms with Gasteiger partial charge in [0.2, 0.25) is 0 Å². The lowest BCUT2D eigenvalue weighted by Crippen LogP contribution is -2.36. The van der Waals surface area contributed by atoms with Crippen molar-refractivity contribution in [1.82, 2.24) is 0 Å². The molecule has 6 aliphatic rings. The molecule has 0 nitrogen and oxygen atoms in total. The van der Waals surface area contributed by atoms with Crippen LogP contribution >= 0.6 is 0 Å². The van der Waals surface area contributed by atoms with Crippen LogP contribution in [0.25, 0.3) is 0 Å². The average Bonchev–Trinajstić information content (AvgIpc) is 3.37. The summed E-state index contributed by atoms with van der Waals surface area (Å²) in [5.74, 6) is 8.22. The standard InChI is InChI=1S/C30H50B/c1-27(2)13-7-15-29(5)21-11-9-19(25(21)27)23(29)17-31-18-24-20-10-12-22-26(20)28(3,4)14-8-16-30(22,24)6/h19-26H,7-18H2,1-6H3/t19-,20-,21+,22+,23?,24?,25-,26-,29-,30-/m0/s1.